The molecule has 3 aromatic heterocycles. The number of ether oxygens (including phenoxy) is 1. The van der Waals surface area contributed by atoms with E-state index in [0.29, 0.717) is 30.1 Å². The number of carbonyl (C=O) groups excluding carboxylic acids is 3. The number of aromatic nitrogens is 3. The number of fused-ring (bicyclic) bond motifs is 1. The third kappa shape index (κ3) is 7.76. The van der Waals surface area contributed by atoms with Gasteiger partial charge in [0, 0.05) is 77.7 Å². The summed E-state index contributed by atoms with van der Waals surface area (Å²) in [5, 5.41) is 6.13. The Morgan fingerprint density at radius 2 is 1.80 bits per heavy atom. The molecule has 6 heterocycles. The molecule has 3 saturated heterocycles. The number of hydrogen-bond donors (Lipinski definition) is 2. The van der Waals surface area contributed by atoms with Crippen LogP contribution in [0.3, 0.4) is 0 Å². The summed E-state index contributed by atoms with van der Waals surface area (Å²) in [7, 11) is 1.65. The zero-order valence-electron chi connectivity index (χ0n) is 29.3. The van der Waals surface area contributed by atoms with E-state index in [1.807, 2.05) is 38.1 Å². The molecule has 0 bridgehead atoms. The Labute approximate surface area is 300 Å². The lowest BCUT2D eigenvalue weighted by Gasteiger charge is -2.39. The monoisotopic (exact) mass is 712 g/mol. The Morgan fingerprint density at radius 1 is 1.02 bits per heavy atom. The van der Waals surface area contributed by atoms with Crippen LogP contribution in [0.1, 0.15) is 61.4 Å². The predicted molar refractivity (Wildman–Crippen MR) is 198 cm³/mol. The summed E-state index contributed by atoms with van der Waals surface area (Å²) >= 11 is 1.57. The maximum atomic E-state index is 13.4. The molecule has 3 amide bonds. The van der Waals surface area contributed by atoms with Crippen LogP contribution < -0.4 is 30.7 Å². The smallest absolute Gasteiger partial charge is 0.274 e. The van der Waals surface area contributed by atoms with Crippen molar-refractivity contribution in [3.05, 3.63) is 70.3 Å². The van der Waals surface area contributed by atoms with Crippen LogP contribution in [0.5, 0.6) is 5.75 Å². The number of rotatable bonds is 9. The van der Waals surface area contributed by atoms with Gasteiger partial charge in [0.25, 0.3) is 11.5 Å². The molecule has 0 radical (unpaired) electrons. The second-order valence-electron chi connectivity index (χ2n) is 13.9. The van der Waals surface area contributed by atoms with Gasteiger partial charge < -0.3 is 24.4 Å². The number of benzene rings is 1. The van der Waals surface area contributed by atoms with Crippen molar-refractivity contribution in [2.24, 2.45) is 13.0 Å². The third-order valence-corrected chi connectivity index (χ3v) is 11.0. The number of nitrogens with zero attached hydrogens (tertiary/aromatic N) is 6. The van der Waals surface area contributed by atoms with Crippen molar-refractivity contribution >= 4 is 55.9 Å². The van der Waals surface area contributed by atoms with Gasteiger partial charge in [-0.1, -0.05) is 17.4 Å². The molecular formula is C37H44N8O5S. The fraction of sp³-hybridized carbons (Fsp3) is 0.459. The first-order valence-corrected chi connectivity index (χ1v) is 18.5. The van der Waals surface area contributed by atoms with E-state index in [4.69, 9.17) is 9.72 Å². The first kappa shape index (κ1) is 34.6. The van der Waals surface area contributed by atoms with Crippen LogP contribution in [0.15, 0.2) is 53.6 Å². The summed E-state index contributed by atoms with van der Waals surface area (Å²) in [6, 6.07) is 10.9. The Morgan fingerprint density at radius 3 is 2.51 bits per heavy atom. The van der Waals surface area contributed by atoms with Crippen molar-refractivity contribution in [1.29, 1.82) is 0 Å². The highest BCUT2D eigenvalue weighted by atomic mass is 32.1. The van der Waals surface area contributed by atoms with Crippen LogP contribution in [0.2, 0.25) is 0 Å². The average molecular weight is 713 g/mol. The lowest BCUT2D eigenvalue weighted by molar-refractivity contribution is -0.134. The second kappa shape index (κ2) is 14.8. The third-order valence-electron chi connectivity index (χ3n) is 9.97. The number of piperazine rings is 1. The number of anilines is 3. The van der Waals surface area contributed by atoms with E-state index < -0.39 is 5.91 Å². The van der Waals surface area contributed by atoms with Crippen molar-refractivity contribution < 1.29 is 19.1 Å². The zero-order valence-corrected chi connectivity index (χ0v) is 30.1. The number of amides is 3. The maximum Gasteiger partial charge on any atom is 0.274 e. The minimum atomic E-state index is -0.399. The van der Waals surface area contributed by atoms with Crippen LogP contribution in [0.4, 0.5) is 16.6 Å². The molecule has 0 spiro atoms. The highest BCUT2D eigenvalue weighted by Crippen LogP contribution is 2.35. The molecule has 4 aromatic rings. The summed E-state index contributed by atoms with van der Waals surface area (Å²) < 4.78 is 8.36. The maximum absolute atomic E-state index is 13.4. The van der Waals surface area contributed by atoms with Gasteiger partial charge in [-0.3, -0.25) is 29.4 Å². The SMILES string of the molecule is CC(C)Oc1cc2nc(N3CCN(CC4CCN(c5ccc(C6CCC(=O)NC6=O)cn5)CC4)CC3)sc2cc1C(=O)Nc1cccn(C)c1=O. The minimum Gasteiger partial charge on any atom is -0.490 e. The Bertz CT molecular complexity index is 1980. The van der Waals surface area contributed by atoms with Crippen LogP contribution in [0.25, 0.3) is 10.2 Å². The first-order valence-electron chi connectivity index (χ1n) is 17.7. The molecule has 2 N–H and O–H groups in total. The van der Waals surface area contributed by atoms with Gasteiger partial charge in [-0.25, -0.2) is 9.97 Å². The number of imide groups is 1. The van der Waals surface area contributed by atoms with Gasteiger partial charge in [-0.15, -0.1) is 0 Å². The van der Waals surface area contributed by atoms with Gasteiger partial charge >= 0.3 is 0 Å². The summed E-state index contributed by atoms with van der Waals surface area (Å²) in [6.45, 7) is 10.5. The Hall–Kier alpha value is -4.82. The number of piperidine rings is 2. The van der Waals surface area contributed by atoms with E-state index in [1.54, 1.807) is 42.9 Å². The van der Waals surface area contributed by atoms with Crippen molar-refractivity contribution in [3.63, 3.8) is 0 Å². The molecule has 13 nitrogen and oxygen atoms in total. The number of hydrogen-bond acceptors (Lipinski definition) is 11. The zero-order chi connectivity index (χ0) is 35.6. The lowest BCUT2D eigenvalue weighted by atomic mass is 9.91. The molecule has 0 aliphatic carbocycles. The van der Waals surface area contributed by atoms with Gasteiger partial charge in [0.15, 0.2) is 5.13 Å². The topological polar surface area (TPSA) is 142 Å². The standard InChI is InChI=1S/C37H44N8O5S/c1-23(2)50-30-20-29-31(19-27(30)35(48)39-28-5-4-12-42(3)36(28)49)51-37(40-29)45-17-15-43(16-18-45)22-24-10-13-44(14-11-24)32-8-6-25(21-38-32)26-7-9-33(46)41-34(26)47/h4-6,8,12,19-21,23-24,26H,7,9-11,13-18,22H2,1-3H3,(H,39,48)(H,41,46,47). The molecule has 14 heteroatoms. The molecule has 0 saturated carbocycles. The highest BCUT2D eigenvalue weighted by molar-refractivity contribution is 7.22. The molecule has 1 atom stereocenters. The van der Waals surface area contributed by atoms with E-state index in [0.717, 1.165) is 85.4 Å². The predicted octanol–water partition coefficient (Wildman–Crippen LogP) is 3.99. The van der Waals surface area contributed by atoms with Crippen molar-refractivity contribution in [2.45, 2.75) is 51.6 Å². The quantitative estimate of drug-likeness (QED) is 0.245. The molecule has 7 rings (SSSR count). The van der Waals surface area contributed by atoms with Crippen molar-refractivity contribution in [3.8, 4) is 5.75 Å². The van der Waals surface area contributed by atoms with Crippen LogP contribution in [-0.4, -0.2) is 89.1 Å². The van der Waals surface area contributed by atoms with E-state index >= 15 is 0 Å². The second-order valence-corrected chi connectivity index (χ2v) is 15.0. The lowest BCUT2D eigenvalue weighted by Crippen LogP contribution is -2.49. The Balaban J connectivity index is 0.930. The minimum absolute atomic E-state index is 0.146. The number of thiazole rings is 1. The molecule has 51 heavy (non-hydrogen) atoms. The van der Waals surface area contributed by atoms with Crippen molar-refractivity contribution in [1.82, 2.24) is 24.8 Å². The summed E-state index contributed by atoms with van der Waals surface area (Å²) in [6.07, 6.45) is 6.38. The molecule has 3 fully saturated rings. The van der Waals surface area contributed by atoms with Gasteiger partial charge in [-0.2, -0.15) is 0 Å². The van der Waals surface area contributed by atoms with E-state index in [-0.39, 0.29) is 35.1 Å². The number of nitrogens with one attached hydrogen (secondary N) is 2. The van der Waals surface area contributed by atoms with E-state index in [9.17, 15) is 19.2 Å². The normalized spacial score (nSPS) is 19.1. The molecule has 1 unspecified atom stereocenters. The molecule has 3 aliphatic rings. The van der Waals surface area contributed by atoms with Gasteiger partial charge in [0.05, 0.1) is 27.8 Å². The molecule has 3 aliphatic heterocycles. The summed E-state index contributed by atoms with van der Waals surface area (Å²) in [5.74, 6) is 0.851. The van der Waals surface area contributed by atoms with Gasteiger partial charge in [-0.05, 0) is 68.9 Å². The molecule has 1 aromatic carbocycles. The fourth-order valence-electron chi connectivity index (χ4n) is 7.12. The molecule has 268 valence electrons. The summed E-state index contributed by atoms with van der Waals surface area (Å²) in [4.78, 5) is 66.5. The van der Waals surface area contributed by atoms with Gasteiger partial charge in [0.1, 0.15) is 17.3 Å². The average Bonchev–Trinajstić information content (AvgIpc) is 3.53. The highest BCUT2D eigenvalue weighted by Gasteiger charge is 2.29. The van der Waals surface area contributed by atoms with Gasteiger partial charge in [0.2, 0.25) is 11.8 Å². The molecular weight excluding hydrogens is 669 g/mol. The number of pyridine rings is 2. The largest absolute Gasteiger partial charge is 0.490 e. The Kier molecular flexibility index (Phi) is 10.0. The van der Waals surface area contributed by atoms with Crippen molar-refractivity contribution in [2.75, 3.05) is 60.9 Å². The number of carbonyl (C=O) groups is 3. The van der Waals surface area contributed by atoms with Crippen LogP contribution in [0, 0.1) is 5.92 Å². The van der Waals surface area contributed by atoms with Crippen LogP contribution >= 0.6 is 11.3 Å². The van der Waals surface area contributed by atoms with E-state index in [2.05, 4.69) is 30.3 Å². The fourth-order valence-corrected chi connectivity index (χ4v) is 8.16. The number of aryl methyl sites for hydroxylation is 1. The van der Waals surface area contributed by atoms with Crippen LogP contribution in [-0.2, 0) is 16.6 Å². The van der Waals surface area contributed by atoms with E-state index in [1.165, 1.54) is 4.57 Å². The summed E-state index contributed by atoms with van der Waals surface area (Å²) in [5.41, 5.74) is 1.94. The first-order chi connectivity index (χ1) is 24.6.